The number of nitrogens with zero attached hydrogens (tertiary/aromatic N) is 3. The van der Waals surface area contributed by atoms with Gasteiger partial charge >= 0.3 is 6.03 Å². The normalized spacial score (nSPS) is 24.0. The molecule has 26 heavy (non-hydrogen) atoms. The molecule has 2 fully saturated rings. The van der Waals surface area contributed by atoms with Crippen molar-refractivity contribution in [2.24, 2.45) is 5.73 Å². The number of fused-ring (bicyclic) bond motifs is 2. The lowest BCUT2D eigenvalue weighted by molar-refractivity contribution is -0.139. The van der Waals surface area contributed by atoms with E-state index in [1.54, 1.807) is 11.7 Å². The Bertz CT molecular complexity index is 770. The Morgan fingerprint density at radius 3 is 2.96 bits per heavy atom. The monoisotopic (exact) mass is 405 g/mol. The summed E-state index contributed by atoms with van der Waals surface area (Å²) in [4.78, 5) is 35.8. The number of rotatable bonds is 7. The Hall–Kier alpha value is -1.80. The van der Waals surface area contributed by atoms with Gasteiger partial charge in [-0.1, -0.05) is 0 Å². The minimum Gasteiger partial charge on any atom is -0.321 e. The van der Waals surface area contributed by atoms with Crippen LogP contribution < -0.4 is 11.2 Å². The molecule has 1 unspecified atom stereocenters. The number of amides is 3. The molecule has 2 aliphatic rings. The first kappa shape index (κ1) is 19.0. The number of urea groups is 1. The molecule has 3 heterocycles. The molecule has 3 rings (SSSR count). The first-order valence-corrected chi connectivity index (χ1v) is 10.5. The largest absolute Gasteiger partial charge is 0.346 e. The van der Waals surface area contributed by atoms with E-state index in [1.807, 2.05) is 0 Å². The molecule has 11 nitrogen and oxygen atoms in total. The van der Waals surface area contributed by atoms with E-state index in [1.165, 1.54) is 16.2 Å². The SMILES string of the molecule is CS(=O)(=O)ON1C(=O)N2C[C@H]1CC[C@H]2C(=O)NOCC(N)c1cncs1. The van der Waals surface area contributed by atoms with Gasteiger partial charge in [0.05, 0.1) is 30.5 Å². The Morgan fingerprint density at radius 1 is 1.54 bits per heavy atom. The molecule has 3 atom stereocenters. The fourth-order valence-electron chi connectivity index (χ4n) is 2.91. The Balaban J connectivity index is 1.53. The van der Waals surface area contributed by atoms with Crippen LogP contribution in [0.15, 0.2) is 11.7 Å². The van der Waals surface area contributed by atoms with Crippen molar-refractivity contribution in [3.63, 3.8) is 0 Å². The number of nitrogens with one attached hydrogen (secondary N) is 1. The lowest BCUT2D eigenvalue weighted by Gasteiger charge is -2.29. The minimum atomic E-state index is -3.83. The molecule has 2 saturated heterocycles. The van der Waals surface area contributed by atoms with Crippen LogP contribution in [0.1, 0.15) is 23.8 Å². The van der Waals surface area contributed by atoms with E-state index in [2.05, 4.69) is 10.5 Å². The zero-order chi connectivity index (χ0) is 18.9. The summed E-state index contributed by atoms with van der Waals surface area (Å²) in [7, 11) is -3.83. The number of thiazole rings is 1. The Labute approximate surface area is 154 Å². The van der Waals surface area contributed by atoms with Crippen molar-refractivity contribution in [1.82, 2.24) is 20.4 Å². The van der Waals surface area contributed by atoms with Gasteiger partial charge in [0, 0.05) is 17.6 Å². The molecule has 0 saturated carbocycles. The van der Waals surface area contributed by atoms with Crippen LogP contribution >= 0.6 is 11.3 Å². The highest BCUT2D eigenvalue weighted by Crippen LogP contribution is 2.30. The first-order chi connectivity index (χ1) is 12.3. The highest BCUT2D eigenvalue weighted by molar-refractivity contribution is 7.85. The van der Waals surface area contributed by atoms with Gasteiger partial charge in [0.15, 0.2) is 0 Å². The van der Waals surface area contributed by atoms with E-state index >= 15 is 0 Å². The molecule has 13 heteroatoms. The van der Waals surface area contributed by atoms with Crippen LogP contribution in [0.5, 0.6) is 0 Å². The van der Waals surface area contributed by atoms with Crippen LogP contribution in [-0.2, 0) is 24.0 Å². The van der Waals surface area contributed by atoms with Crippen LogP contribution in [0.25, 0.3) is 0 Å². The summed E-state index contributed by atoms with van der Waals surface area (Å²) in [5.74, 6) is -0.491. The maximum atomic E-state index is 12.3. The van der Waals surface area contributed by atoms with Crippen LogP contribution in [0.2, 0.25) is 0 Å². The van der Waals surface area contributed by atoms with Crippen molar-refractivity contribution >= 4 is 33.4 Å². The molecule has 0 aromatic carbocycles. The summed E-state index contributed by atoms with van der Waals surface area (Å²) in [6, 6.07) is -2.24. The van der Waals surface area contributed by atoms with Gasteiger partial charge in [-0.3, -0.25) is 14.6 Å². The van der Waals surface area contributed by atoms with E-state index in [9.17, 15) is 18.0 Å². The number of carbonyl (C=O) groups is 2. The van der Waals surface area contributed by atoms with Gasteiger partial charge in [0.2, 0.25) is 0 Å². The number of piperidine rings is 1. The second-order valence-corrected chi connectivity index (χ2v) is 8.55. The second kappa shape index (κ2) is 7.44. The van der Waals surface area contributed by atoms with Gasteiger partial charge in [-0.2, -0.15) is 13.5 Å². The fraction of sp³-hybridized carbons (Fsp3) is 0.615. The van der Waals surface area contributed by atoms with Crippen LogP contribution in [0, 0.1) is 0 Å². The predicted molar refractivity (Wildman–Crippen MR) is 89.8 cm³/mol. The zero-order valence-corrected chi connectivity index (χ0v) is 15.5. The standard InChI is InChI=1S/C13H19N5O6S2/c1-26(21,22)24-18-8-2-3-10(17(5-8)13(18)20)12(19)16-23-6-9(14)11-4-15-7-25-11/h4,7-10H,2-3,5-6,14H2,1H3,(H,16,19)/t8-,9?,10+/m1/s1. The topological polar surface area (TPSA) is 144 Å². The summed E-state index contributed by atoms with van der Waals surface area (Å²) >= 11 is 1.38. The van der Waals surface area contributed by atoms with Crippen molar-refractivity contribution in [2.45, 2.75) is 31.0 Å². The number of aromatic nitrogens is 1. The van der Waals surface area contributed by atoms with Crippen LogP contribution in [0.4, 0.5) is 4.79 Å². The highest BCUT2D eigenvalue weighted by atomic mass is 32.2. The molecular weight excluding hydrogens is 386 g/mol. The number of hydrogen-bond donors (Lipinski definition) is 2. The van der Waals surface area contributed by atoms with E-state index in [0.29, 0.717) is 12.8 Å². The second-order valence-electron chi connectivity index (χ2n) is 6.07. The third-order valence-electron chi connectivity index (χ3n) is 4.09. The fourth-order valence-corrected chi connectivity index (χ4v) is 4.00. The third-order valence-corrected chi connectivity index (χ3v) is 5.43. The van der Waals surface area contributed by atoms with E-state index in [4.69, 9.17) is 14.9 Å². The third kappa shape index (κ3) is 4.12. The average molecular weight is 405 g/mol. The number of hydroxylamine groups is 3. The van der Waals surface area contributed by atoms with Gasteiger partial charge < -0.3 is 10.6 Å². The first-order valence-electron chi connectivity index (χ1n) is 7.81. The van der Waals surface area contributed by atoms with E-state index < -0.39 is 40.2 Å². The average Bonchev–Trinajstić information content (AvgIpc) is 3.18. The summed E-state index contributed by atoms with van der Waals surface area (Å²) in [6.07, 6.45) is 3.30. The maximum absolute atomic E-state index is 12.3. The van der Waals surface area contributed by atoms with Crippen molar-refractivity contribution in [3.8, 4) is 0 Å². The molecule has 1 aromatic heterocycles. The molecule has 0 radical (unpaired) electrons. The van der Waals surface area contributed by atoms with Gasteiger partial charge in [0.1, 0.15) is 6.04 Å². The Kier molecular flexibility index (Phi) is 5.43. The van der Waals surface area contributed by atoms with Gasteiger partial charge in [0.25, 0.3) is 16.0 Å². The lowest BCUT2D eigenvalue weighted by atomic mass is 10.0. The summed E-state index contributed by atoms with van der Waals surface area (Å²) in [5, 5.41) is 0.823. The van der Waals surface area contributed by atoms with Gasteiger partial charge in [-0.15, -0.1) is 15.6 Å². The Morgan fingerprint density at radius 2 is 2.31 bits per heavy atom. The van der Waals surface area contributed by atoms with Crippen molar-refractivity contribution in [1.29, 1.82) is 0 Å². The predicted octanol–water partition coefficient (Wildman–Crippen LogP) is -0.649. The molecule has 3 amide bonds. The molecule has 1 aromatic rings. The number of carbonyl (C=O) groups excluding carboxylic acids is 2. The highest BCUT2D eigenvalue weighted by Gasteiger charge is 2.49. The van der Waals surface area contributed by atoms with Crippen LogP contribution in [0.3, 0.4) is 0 Å². The molecule has 2 aliphatic heterocycles. The molecule has 144 valence electrons. The van der Waals surface area contributed by atoms with Crippen molar-refractivity contribution in [2.75, 3.05) is 19.4 Å². The van der Waals surface area contributed by atoms with E-state index in [0.717, 1.165) is 16.2 Å². The smallest absolute Gasteiger partial charge is 0.321 e. The van der Waals surface area contributed by atoms with Crippen LogP contribution in [-0.4, -0.2) is 66.8 Å². The number of nitrogens with two attached hydrogens (primary N) is 1. The number of hydrogen-bond acceptors (Lipinski definition) is 9. The summed E-state index contributed by atoms with van der Waals surface area (Å²) < 4.78 is 27.3. The molecular formula is C13H19N5O6S2. The minimum absolute atomic E-state index is 0.0561. The summed E-state index contributed by atoms with van der Waals surface area (Å²) in [5.41, 5.74) is 9.87. The van der Waals surface area contributed by atoms with Gasteiger partial charge in [-0.05, 0) is 12.8 Å². The van der Waals surface area contributed by atoms with Crippen molar-refractivity contribution < 1.29 is 27.1 Å². The molecule has 2 bridgehead atoms. The van der Waals surface area contributed by atoms with E-state index in [-0.39, 0.29) is 13.2 Å². The van der Waals surface area contributed by atoms with Gasteiger partial charge in [-0.25, -0.2) is 10.3 Å². The van der Waals surface area contributed by atoms with Crippen molar-refractivity contribution in [3.05, 3.63) is 16.6 Å². The molecule has 3 N–H and O–H groups in total. The lowest BCUT2D eigenvalue weighted by Crippen LogP contribution is -2.50. The molecule has 0 spiro atoms. The molecule has 0 aliphatic carbocycles. The quantitative estimate of drug-likeness (QED) is 0.570. The maximum Gasteiger partial charge on any atom is 0.346 e. The summed E-state index contributed by atoms with van der Waals surface area (Å²) in [6.45, 7) is 0.271. The zero-order valence-electron chi connectivity index (χ0n) is 13.9.